The van der Waals surface area contributed by atoms with E-state index in [1.165, 1.54) is 0 Å². The van der Waals surface area contributed by atoms with E-state index in [9.17, 15) is 13.2 Å². The molecule has 0 fully saturated rings. The third-order valence-electron chi connectivity index (χ3n) is 3.36. The van der Waals surface area contributed by atoms with Crippen molar-refractivity contribution in [2.24, 2.45) is 0 Å². The molecule has 7 heteroatoms. The first-order valence-electron chi connectivity index (χ1n) is 7.19. The molecule has 1 amide bonds. The Balaban J connectivity index is 2.97. The topological polar surface area (TPSA) is 69.7 Å². The summed E-state index contributed by atoms with van der Waals surface area (Å²) in [6, 6.07) is 7.06. The van der Waals surface area contributed by atoms with Crippen LogP contribution < -0.4 is 14.5 Å². The van der Waals surface area contributed by atoms with Crippen molar-refractivity contribution in [3.05, 3.63) is 24.3 Å². The van der Waals surface area contributed by atoms with Crippen molar-refractivity contribution in [3.63, 3.8) is 0 Å². The molecule has 1 N–H and O–H groups in total. The minimum absolute atomic E-state index is 0.0185. The van der Waals surface area contributed by atoms with E-state index in [0.29, 0.717) is 5.69 Å². The second-order valence-corrected chi connectivity index (χ2v) is 7.46. The predicted octanol–water partition coefficient (Wildman–Crippen LogP) is 1.43. The number of carbonyl (C=O) groups excluding carboxylic acids is 1. The maximum absolute atomic E-state index is 12.0. The monoisotopic (exact) mass is 327 g/mol. The van der Waals surface area contributed by atoms with Crippen LogP contribution in [0.5, 0.6) is 0 Å². The normalized spacial score (nSPS) is 12.6. The number of sulfonamides is 1. The molecule has 124 valence electrons. The van der Waals surface area contributed by atoms with E-state index < -0.39 is 10.0 Å². The highest BCUT2D eigenvalue weighted by atomic mass is 32.2. The number of nitrogens with one attached hydrogen (secondary N) is 1. The standard InChI is InChI=1S/C15H25N3O3S/c1-6-12(2)16-15(19)11-18(22(5,20)21)14-9-7-13(8-10-14)17(3)4/h7-10,12H,6,11H2,1-5H3,(H,16,19). The van der Waals surface area contributed by atoms with E-state index in [2.05, 4.69) is 5.32 Å². The summed E-state index contributed by atoms with van der Waals surface area (Å²) in [6.07, 6.45) is 1.89. The first-order chi connectivity index (χ1) is 10.1. The molecule has 0 saturated carbocycles. The fourth-order valence-corrected chi connectivity index (χ4v) is 2.73. The second-order valence-electron chi connectivity index (χ2n) is 5.56. The maximum atomic E-state index is 12.0. The van der Waals surface area contributed by atoms with E-state index in [1.807, 2.05) is 45.0 Å². The van der Waals surface area contributed by atoms with Crippen LogP contribution in [0.2, 0.25) is 0 Å². The average Bonchev–Trinajstić information content (AvgIpc) is 2.43. The van der Waals surface area contributed by atoms with Crippen LogP contribution >= 0.6 is 0 Å². The fourth-order valence-electron chi connectivity index (χ4n) is 1.87. The number of carbonyl (C=O) groups is 1. The Morgan fingerprint density at radius 2 is 1.68 bits per heavy atom. The van der Waals surface area contributed by atoms with Gasteiger partial charge in [-0.15, -0.1) is 0 Å². The summed E-state index contributed by atoms with van der Waals surface area (Å²) in [4.78, 5) is 13.9. The van der Waals surface area contributed by atoms with E-state index in [4.69, 9.17) is 0 Å². The zero-order chi connectivity index (χ0) is 16.9. The van der Waals surface area contributed by atoms with Gasteiger partial charge in [0, 0.05) is 25.8 Å². The highest BCUT2D eigenvalue weighted by Crippen LogP contribution is 2.21. The van der Waals surface area contributed by atoms with Crippen LogP contribution in [0.25, 0.3) is 0 Å². The zero-order valence-corrected chi connectivity index (χ0v) is 14.6. The molecule has 0 spiro atoms. The molecule has 1 aromatic carbocycles. The number of anilines is 2. The van der Waals surface area contributed by atoms with Crippen LogP contribution in [0, 0.1) is 0 Å². The molecular formula is C15H25N3O3S. The second kappa shape index (κ2) is 7.49. The van der Waals surface area contributed by atoms with Gasteiger partial charge in [-0.3, -0.25) is 9.10 Å². The van der Waals surface area contributed by atoms with Crippen molar-refractivity contribution >= 4 is 27.3 Å². The molecule has 1 atom stereocenters. The lowest BCUT2D eigenvalue weighted by Gasteiger charge is -2.23. The third kappa shape index (κ3) is 5.22. The van der Waals surface area contributed by atoms with Gasteiger partial charge in [0.2, 0.25) is 15.9 Å². The van der Waals surface area contributed by atoms with Crippen molar-refractivity contribution in [1.82, 2.24) is 5.32 Å². The largest absolute Gasteiger partial charge is 0.378 e. The van der Waals surface area contributed by atoms with Crippen molar-refractivity contribution in [1.29, 1.82) is 0 Å². The molecule has 0 aliphatic carbocycles. The van der Waals surface area contributed by atoms with Crippen molar-refractivity contribution in [3.8, 4) is 0 Å². The molecular weight excluding hydrogens is 302 g/mol. The first-order valence-corrected chi connectivity index (χ1v) is 9.04. The van der Waals surface area contributed by atoms with Crippen molar-refractivity contribution in [2.45, 2.75) is 26.3 Å². The van der Waals surface area contributed by atoms with Gasteiger partial charge in [0.25, 0.3) is 0 Å². The summed E-state index contributed by atoms with van der Waals surface area (Å²) in [5.41, 5.74) is 1.44. The summed E-state index contributed by atoms with van der Waals surface area (Å²) in [5, 5.41) is 2.78. The Bertz CT molecular complexity index is 597. The number of rotatable bonds is 7. The predicted molar refractivity (Wildman–Crippen MR) is 90.9 cm³/mol. The van der Waals surface area contributed by atoms with Gasteiger partial charge in [0.15, 0.2) is 0 Å². The molecule has 1 aromatic rings. The van der Waals surface area contributed by atoms with Crippen molar-refractivity contribution < 1.29 is 13.2 Å². The molecule has 0 aliphatic rings. The lowest BCUT2D eigenvalue weighted by Crippen LogP contribution is -2.43. The molecule has 0 heterocycles. The lowest BCUT2D eigenvalue weighted by atomic mass is 10.2. The van der Waals surface area contributed by atoms with Gasteiger partial charge in [-0.25, -0.2) is 8.42 Å². The Morgan fingerprint density at radius 1 is 1.18 bits per heavy atom. The average molecular weight is 327 g/mol. The van der Waals surface area contributed by atoms with E-state index >= 15 is 0 Å². The van der Waals surface area contributed by atoms with Crippen LogP contribution in [-0.2, 0) is 14.8 Å². The zero-order valence-electron chi connectivity index (χ0n) is 13.8. The Morgan fingerprint density at radius 3 is 2.09 bits per heavy atom. The molecule has 0 saturated heterocycles. The van der Waals surface area contributed by atoms with E-state index in [0.717, 1.165) is 22.7 Å². The summed E-state index contributed by atoms with van der Waals surface area (Å²) in [6.45, 7) is 3.62. The molecule has 1 rings (SSSR count). The molecule has 0 aliphatic heterocycles. The van der Waals surface area contributed by atoms with Crippen LogP contribution in [0.4, 0.5) is 11.4 Å². The van der Waals surface area contributed by atoms with Gasteiger partial charge < -0.3 is 10.2 Å². The first kappa shape index (κ1) is 18.3. The Labute approximate surface area is 133 Å². The number of hydrogen-bond acceptors (Lipinski definition) is 4. The quantitative estimate of drug-likeness (QED) is 0.822. The van der Waals surface area contributed by atoms with E-state index in [1.54, 1.807) is 12.1 Å². The van der Waals surface area contributed by atoms with Crippen LogP contribution in [-0.4, -0.2) is 47.3 Å². The third-order valence-corrected chi connectivity index (χ3v) is 4.50. The highest BCUT2D eigenvalue weighted by molar-refractivity contribution is 7.92. The number of benzene rings is 1. The number of nitrogens with zero attached hydrogens (tertiary/aromatic N) is 2. The number of amides is 1. The van der Waals surface area contributed by atoms with Gasteiger partial charge in [-0.05, 0) is 37.6 Å². The minimum Gasteiger partial charge on any atom is -0.378 e. The molecule has 0 radical (unpaired) electrons. The molecule has 1 unspecified atom stereocenters. The molecule has 6 nitrogen and oxygen atoms in total. The van der Waals surface area contributed by atoms with Gasteiger partial charge >= 0.3 is 0 Å². The minimum atomic E-state index is -3.53. The van der Waals surface area contributed by atoms with Gasteiger partial charge in [-0.1, -0.05) is 6.92 Å². The SMILES string of the molecule is CCC(C)NC(=O)CN(c1ccc(N(C)C)cc1)S(C)(=O)=O. The van der Waals surface area contributed by atoms with Gasteiger partial charge in [-0.2, -0.15) is 0 Å². The smallest absolute Gasteiger partial charge is 0.240 e. The Kier molecular flexibility index (Phi) is 6.22. The maximum Gasteiger partial charge on any atom is 0.240 e. The molecule has 22 heavy (non-hydrogen) atoms. The number of hydrogen-bond donors (Lipinski definition) is 1. The molecule has 0 bridgehead atoms. The van der Waals surface area contributed by atoms with Crippen LogP contribution in [0.15, 0.2) is 24.3 Å². The van der Waals surface area contributed by atoms with Crippen molar-refractivity contribution in [2.75, 3.05) is 36.1 Å². The van der Waals surface area contributed by atoms with Gasteiger partial charge in [0.1, 0.15) is 6.54 Å². The van der Waals surface area contributed by atoms with Crippen LogP contribution in [0.3, 0.4) is 0 Å². The summed E-state index contributed by atoms with van der Waals surface area (Å²) >= 11 is 0. The highest BCUT2D eigenvalue weighted by Gasteiger charge is 2.21. The van der Waals surface area contributed by atoms with Gasteiger partial charge in [0.05, 0.1) is 11.9 Å². The van der Waals surface area contributed by atoms with Crippen LogP contribution in [0.1, 0.15) is 20.3 Å². The summed E-state index contributed by atoms with van der Waals surface area (Å²) in [5.74, 6) is -0.309. The Hall–Kier alpha value is -1.76. The molecule has 0 aromatic heterocycles. The fraction of sp³-hybridized carbons (Fsp3) is 0.533. The summed E-state index contributed by atoms with van der Waals surface area (Å²) in [7, 11) is 0.282. The van der Waals surface area contributed by atoms with E-state index in [-0.39, 0.29) is 18.5 Å². The lowest BCUT2D eigenvalue weighted by molar-refractivity contribution is -0.120. The summed E-state index contributed by atoms with van der Waals surface area (Å²) < 4.78 is 25.1.